The molecule has 1 heterocycles. The van der Waals surface area contributed by atoms with Gasteiger partial charge in [0.05, 0.1) is 19.8 Å². The zero-order valence-electron chi connectivity index (χ0n) is 18.7. The second-order valence-corrected chi connectivity index (χ2v) is 9.32. The predicted molar refractivity (Wildman–Crippen MR) is 117 cm³/mol. The van der Waals surface area contributed by atoms with Gasteiger partial charge in [-0.15, -0.1) is 0 Å². The summed E-state index contributed by atoms with van der Waals surface area (Å²) in [6.07, 6.45) is 6.12. The number of benzene rings is 1. The van der Waals surface area contributed by atoms with Crippen molar-refractivity contribution < 1.29 is 9.47 Å². The molecule has 0 unspecified atom stereocenters. The Kier molecular flexibility index (Phi) is 9.93. The van der Waals surface area contributed by atoms with Crippen molar-refractivity contribution in [2.75, 3.05) is 26.9 Å². The highest BCUT2D eigenvalue weighted by molar-refractivity contribution is 5.13. The third kappa shape index (κ3) is 7.47. The van der Waals surface area contributed by atoms with Gasteiger partial charge < -0.3 is 9.47 Å². The summed E-state index contributed by atoms with van der Waals surface area (Å²) in [7, 11) is 1.80. The monoisotopic (exact) mass is 390 g/mol. The van der Waals surface area contributed by atoms with Gasteiger partial charge >= 0.3 is 0 Å². The van der Waals surface area contributed by atoms with Crippen molar-refractivity contribution in [3.05, 3.63) is 35.9 Å². The Balaban J connectivity index is 2.03. The minimum Gasteiger partial charge on any atom is -0.383 e. The van der Waals surface area contributed by atoms with Crippen LogP contribution in [-0.4, -0.2) is 44.0 Å². The van der Waals surface area contributed by atoms with E-state index in [1.807, 2.05) is 0 Å². The van der Waals surface area contributed by atoms with E-state index < -0.39 is 0 Å². The van der Waals surface area contributed by atoms with Crippen LogP contribution in [0.25, 0.3) is 0 Å². The third-order valence-electron chi connectivity index (χ3n) is 5.82. The molecule has 1 aromatic rings. The molecule has 0 spiro atoms. The summed E-state index contributed by atoms with van der Waals surface area (Å²) >= 11 is 0. The number of methoxy groups -OCH3 is 1. The van der Waals surface area contributed by atoms with Gasteiger partial charge in [-0.2, -0.15) is 0 Å². The first-order valence-electron chi connectivity index (χ1n) is 11.1. The molecule has 3 atom stereocenters. The van der Waals surface area contributed by atoms with Crippen molar-refractivity contribution >= 4 is 0 Å². The highest BCUT2D eigenvalue weighted by Crippen LogP contribution is 2.31. The van der Waals surface area contributed by atoms with E-state index in [9.17, 15) is 0 Å². The average molecular weight is 391 g/mol. The molecule has 1 fully saturated rings. The molecule has 1 aliphatic heterocycles. The molecule has 160 valence electrons. The van der Waals surface area contributed by atoms with Gasteiger partial charge in [0.25, 0.3) is 0 Å². The van der Waals surface area contributed by atoms with E-state index in [-0.39, 0.29) is 5.41 Å². The van der Waals surface area contributed by atoms with E-state index in [0.29, 0.717) is 24.6 Å². The first kappa shape index (κ1) is 23.3. The molecule has 4 nitrogen and oxygen atoms in total. The molecule has 0 saturated carbocycles. The molecule has 4 heteroatoms. The highest BCUT2D eigenvalue weighted by Gasteiger charge is 2.36. The van der Waals surface area contributed by atoms with E-state index in [1.165, 1.54) is 37.7 Å². The summed E-state index contributed by atoms with van der Waals surface area (Å²) in [5.74, 6) is 0.493. The second kappa shape index (κ2) is 11.9. The van der Waals surface area contributed by atoms with E-state index >= 15 is 0 Å². The number of unbranched alkanes of at least 4 members (excludes halogenated alkanes) is 1. The van der Waals surface area contributed by atoms with Gasteiger partial charge in [0, 0.05) is 25.7 Å². The molecule has 0 bridgehead atoms. The van der Waals surface area contributed by atoms with E-state index in [0.717, 1.165) is 19.8 Å². The number of rotatable bonds is 12. The molecule has 1 saturated heterocycles. The van der Waals surface area contributed by atoms with Gasteiger partial charge in [-0.25, -0.2) is 5.01 Å². The molecule has 2 rings (SSSR count). The van der Waals surface area contributed by atoms with Gasteiger partial charge in [0.15, 0.2) is 0 Å². The molecular formula is C24H42N2O2. The Bertz CT molecular complexity index is 529. The lowest BCUT2D eigenvalue weighted by molar-refractivity contribution is -0.00214. The molecule has 1 aliphatic rings. The maximum Gasteiger partial charge on any atom is 0.0717 e. The van der Waals surface area contributed by atoms with E-state index in [2.05, 4.69) is 68.5 Å². The maximum atomic E-state index is 6.21. The number of hydrogen-bond donors (Lipinski definition) is 1. The SMILES string of the molecule is CCCC[C@@H](COCc1ccccc1)[C@H](NN1CCC[C@H]1COC)C(C)(C)C. The van der Waals surface area contributed by atoms with Crippen LogP contribution in [0.15, 0.2) is 30.3 Å². The third-order valence-corrected chi connectivity index (χ3v) is 5.82. The lowest BCUT2D eigenvalue weighted by Crippen LogP contribution is -2.56. The van der Waals surface area contributed by atoms with Crippen LogP contribution in [0.5, 0.6) is 0 Å². The summed E-state index contributed by atoms with van der Waals surface area (Å²) in [4.78, 5) is 0. The van der Waals surface area contributed by atoms with Crippen LogP contribution in [0, 0.1) is 11.3 Å². The highest BCUT2D eigenvalue weighted by atomic mass is 16.5. The van der Waals surface area contributed by atoms with Crippen molar-refractivity contribution in [1.82, 2.24) is 10.4 Å². The van der Waals surface area contributed by atoms with Gasteiger partial charge in [0.2, 0.25) is 0 Å². The zero-order chi connectivity index (χ0) is 20.4. The molecule has 0 amide bonds. The van der Waals surface area contributed by atoms with Crippen LogP contribution in [0.4, 0.5) is 0 Å². The van der Waals surface area contributed by atoms with Crippen LogP contribution >= 0.6 is 0 Å². The van der Waals surface area contributed by atoms with E-state index in [1.54, 1.807) is 7.11 Å². The molecule has 0 aromatic heterocycles. The van der Waals surface area contributed by atoms with E-state index in [4.69, 9.17) is 9.47 Å². The minimum absolute atomic E-state index is 0.161. The van der Waals surface area contributed by atoms with Crippen molar-refractivity contribution in [3.8, 4) is 0 Å². The number of hydrazine groups is 1. The van der Waals surface area contributed by atoms with Crippen molar-refractivity contribution in [2.45, 2.75) is 78.5 Å². The average Bonchev–Trinajstić information content (AvgIpc) is 3.10. The Morgan fingerprint density at radius 3 is 2.61 bits per heavy atom. The normalized spacial score (nSPS) is 20.4. The van der Waals surface area contributed by atoms with Gasteiger partial charge in [-0.1, -0.05) is 70.9 Å². The van der Waals surface area contributed by atoms with Crippen molar-refractivity contribution in [2.24, 2.45) is 11.3 Å². The first-order valence-corrected chi connectivity index (χ1v) is 11.1. The standard InChI is InChI=1S/C24H42N2O2/c1-6-7-14-21(18-28-17-20-12-9-8-10-13-20)23(24(2,3)4)25-26-16-11-15-22(26)19-27-5/h8-10,12-13,21-23,25H,6-7,11,14-19H2,1-5H3/t21-,22-,23-/m0/s1. The fourth-order valence-electron chi connectivity index (χ4n) is 4.27. The van der Waals surface area contributed by atoms with Crippen molar-refractivity contribution in [1.29, 1.82) is 0 Å². The van der Waals surface area contributed by atoms with Gasteiger partial charge in [0.1, 0.15) is 0 Å². The van der Waals surface area contributed by atoms with Crippen molar-refractivity contribution in [3.63, 3.8) is 0 Å². The Hall–Kier alpha value is -0.940. The lowest BCUT2D eigenvalue weighted by Gasteiger charge is -2.42. The van der Waals surface area contributed by atoms with Crippen LogP contribution in [0.3, 0.4) is 0 Å². The molecule has 28 heavy (non-hydrogen) atoms. The smallest absolute Gasteiger partial charge is 0.0717 e. The first-order chi connectivity index (χ1) is 13.5. The summed E-state index contributed by atoms with van der Waals surface area (Å²) in [6, 6.07) is 11.4. The Morgan fingerprint density at radius 2 is 1.96 bits per heavy atom. The van der Waals surface area contributed by atoms with Gasteiger partial charge in [-0.3, -0.25) is 5.43 Å². The van der Waals surface area contributed by atoms with Gasteiger partial charge in [-0.05, 0) is 36.2 Å². The topological polar surface area (TPSA) is 33.7 Å². The summed E-state index contributed by atoms with van der Waals surface area (Å²) < 4.78 is 11.7. The number of nitrogens with one attached hydrogen (secondary N) is 1. The quantitative estimate of drug-likeness (QED) is 0.542. The molecule has 1 aromatic carbocycles. The minimum atomic E-state index is 0.161. The molecule has 1 N–H and O–H groups in total. The fraction of sp³-hybridized carbons (Fsp3) is 0.750. The maximum absolute atomic E-state index is 6.21. The number of nitrogens with zero attached hydrogens (tertiary/aromatic N) is 1. The number of hydrogen-bond acceptors (Lipinski definition) is 4. The van der Waals surface area contributed by atoms with Crippen LogP contribution < -0.4 is 5.43 Å². The molecular weight excluding hydrogens is 348 g/mol. The van der Waals surface area contributed by atoms with Crippen LogP contribution in [0.1, 0.15) is 65.4 Å². The summed E-state index contributed by atoms with van der Waals surface area (Å²) in [6.45, 7) is 12.7. The summed E-state index contributed by atoms with van der Waals surface area (Å²) in [5.41, 5.74) is 5.33. The Morgan fingerprint density at radius 1 is 1.21 bits per heavy atom. The number of ether oxygens (including phenoxy) is 2. The molecule has 0 aliphatic carbocycles. The molecule has 0 radical (unpaired) electrons. The Labute approximate surface area is 173 Å². The zero-order valence-corrected chi connectivity index (χ0v) is 18.7. The van der Waals surface area contributed by atoms with Crippen LogP contribution in [0.2, 0.25) is 0 Å². The summed E-state index contributed by atoms with van der Waals surface area (Å²) in [5, 5.41) is 2.44. The fourth-order valence-corrected chi connectivity index (χ4v) is 4.27. The second-order valence-electron chi connectivity index (χ2n) is 9.32. The lowest BCUT2D eigenvalue weighted by atomic mass is 9.77. The largest absolute Gasteiger partial charge is 0.383 e. The van der Waals surface area contributed by atoms with Crippen LogP contribution in [-0.2, 0) is 16.1 Å². The predicted octanol–water partition coefficient (Wildman–Crippen LogP) is 5.04.